The molecule has 0 saturated carbocycles. The van der Waals surface area contributed by atoms with Crippen molar-refractivity contribution in [3.05, 3.63) is 60.2 Å². The van der Waals surface area contributed by atoms with Crippen molar-refractivity contribution in [1.82, 2.24) is 15.7 Å². The summed E-state index contributed by atoms with van der Waals surface area (Å²) in [6.45, 7) is 2.02. The van der Waals surface area contributed by atoms with E-state index in [9.17, 15) is 9.59 Å². The van der Waals surface area contributed by atoms with E-state index in [1.165, 1.54) is 0 Å². The molecule has 0 aliphatic heterocycles. The van der Waals surface area contributed by atoms with Crippen LogP contribution in [-0.4, -0.2) is 60.7 Å². The van der Waals surface area contributed by atoms with Crippen molar-refractivity contribution >= 4 is 11.8 Å². The Hall–Kier alpha value is -2.78. The average molecular weight is 385 g/mol. The van der Waals surface area contributed by atoms with Gasteiger partial charge in [0.1, 0.15) is 6.04 Å². The zero-order valence-electron chi connectivity index (χ0n) is 15.7. The van der Waals surface area contributed by atoms with Gasteiger partial charge in [-0.25, -0.2) is 5.48 Å². The molecule has 0 radical (unpaired) electrons. The quantitative estimate of drug-likeness (QED) is 0.293. The van der Waals surface area contributed by atoms with Crippen molar-refractivity contribution in [2.24, 2.45) is 11.5 Å². The molecule has 2 amide bonds. The maximum Gasteiger partial charge on any atom is 0.267 e. The van der Waals surface area contributed by atoms with Crippen molar-refractivity contribution in [2.75, 3.05) is 32.7 Å². The first kappa shape index (κ1) is 21.5. The van der Waals surface area contributed by atoms with E-state index in [0.717, 1.165) is 11.1 Å². The molecule has 1 atom stereocenters. The van der Waals surface area contributed by atoms with Crippen LogP contribution < -0.4 is 22.3 Å². The van der Waals surface area contributed by atoms with E-state index in [4.69, 9.17) is 16.7 Å². The third-order valence-electron chi connectivity index (χ3n) is 4.32. The molecule has 2 rings (SSSR count). The number of rotatable bonds is 10. The lowest BCUT2D eigenvalue weighted by Crippen LogP contribution is -2.53. The second-order valence-corrected chi connectivity index (χ2v) is 6.32. The summed E-state index contributed by atoms with van der Waals surface area (Å²) in [6.07, 6.45) is 0. The first-order valence-corrected chi connectivity index (χ1v) is 9.11. The molecule has 0 spiro atoms. The molecule has 28 heavy (non-hydrogen) atoms. The number of amides is 2. The Morgan fingerprint density at radius 2 is 1.50 bits per heavy atom. The van der Waals surface area contributed by atoms with Gasteiger partial charge < -0.3 is 16.8 Å². The van der Waals surface area contributed by atoms with Gasteiger partial charge in [-0.15, -0.1) is 0 Å². The van der Waals surface area contributed by atoms with E-state index < -0.39 is 17.9 Å². The number of hydrogen-bond donors (Lipinski definition) is 5. The van der Waals surface area contributed by atoms with Gasteiger partial charge in [-0.05, 0) is 23.3 Å². The van der Waals surface area contributed by atoms with Gasteiger partial charge in [0.15, 0.2) is 0 Å². The Morgan fingerprint density at radius 3 is 2.04 bits per heavy atom. The Balaban J connectivity index is 2.08. The first-order valence-electron chi connectivity index (χ1n) is 9.11. The molecule has 0 bridgehead atoms. The Kier molecular flexibility index (Phi) is 8.57. The molecule has 8 heteroatoms. The molecule has 0 aliphatic carbocycles. The predicted molar refractivity (Wildman–Crippen MR) is 108 cm³/mol. The second kappa shape index (κ2) is 11.2. The van der Waals surface area contributed by atoms with Gasteiger partial charge in [-0.2, -0.15) is 0 Å². The van der Waals surface area contributed by atoms with Crippen molar-refractivity contribution in [2.45, 2.75) is 6.04 Å². The number of benzene rings is 2. The van der Waals surface area contributed by atoms with Crippen LogP contribution in [0.5, 0.6) is 0 Å². The lowest BCUT2D eigenvalue weighted by molar-refractivity contribution is -0.131. The summed E-state index contributed by atoms with van der Waals surface area (Å²) in [4.78, 5) is 26.4. The molecule has 2 aromatic carbocycles. The van der Waals surface area contributed by atoms with Crippen molar-refractivity contribution < 1.29 is 14.8 Å². The van der Waals surface area contributed by atoms with Crippen molar-refractivity contribution in [1.29, 1.82) is 0 Å². The molecule has 150 valence electrons. The molecule has 0 aliphatic rings. The van der Waals surface area contributed by atoms with Crippen LogP contribution in [0.15, 0.2) is 54.6 Å². The van der Waals surface area contributed by atoms with Gasteiger partial charge in [0.25, 0.3) is 11.8 Å². The summed E-state index contributed by atoms with van der Waals surface area (Å²) in [5, 5.41) is 11.7. The van der Waals surface area contributed by atoms with Gasteiger partial charge in [-0.3, -0.25) is 19.7 Å². The van der Waals surface area contributed by atoms with Crippen LogP contribution in [0.2, 0.25) is 0 Å². The van der Waals surface area contributed by atoms with Crippen LogP contribution >= 0.6 is 0 Å². The molecular weight excluding hydrogens is 358 g/mol. The van der Waals surface area contributed by atoms with Crippen molar-refractivity contribution in [3.8, 4) is 11.1 Å². The average Bonchev–Trinajstić information content (AvgIpc) is 2.73. The maximum absolute atomic E-state index is 12.6. The molecular formula is C20H27N5O3. The van der Waals surface area contributed by atoms with E-state index in [1.807, 2.05) is 47.4 Å². The maximum atomic E-state index is 12.6. The van der Waals surface area contributed by atoms with Crippen LogP contribution in [0.1, 0.15) is 10.4 Å². The van der Waals surface area contributed by atoms with Gasteiger partial charge in [0, 0.05) is 38.3 Å². The fraction of sp³-hybridized carbons (Fsp3) is 0.300. The van der Waals surface area contributed by atoms with E-state index in [-0.39, 0.29) is 6.54 Å². The van der Waals surface area contributed by atoms with Crippen LogP contribution in [0, 0.1) is 0 Å². The molecule has 7 N–H and O–H groups in total. The lowest BCUT2D eigenvalue weighted by Gasteiger charge is -2.26. The summed E-state index contributed by atoms with van der Waals surface area (Å²) in [6, 6.07) is 16.0. The Bertz CT molecular complexity index is 746. The van der Waals surface area contributed by atoms with Crippen LogP contribution in [0.4, 0.5) is 0 Å². The van der Waals surface area contributed by atoms with Gasteiger partial charge in [0.2, 0.25) is 0 Å². The molecule has 0 fully saturated rings. The van der Waals surface area contributed by atoms with E-state index in [2.05, 4.69) is 5.32 Å². The number of hydroxylamine groups is 1. The molecule has 0 unspecified atom stereocenters. The first-order chi connectivity index (χ1) is 13.6. The third-order valence-corrected chi connectivity index (χ3v) is 4.32. The Morgan fingerprint density at radius 1 is 0.929 bits per heavy atom. The van der Waals surface area contributed by atoms with Crippen LogP contribution in [-0.2, 0) is 4.79 Å². The largest absolute Gasteiger partial charge is 0.339 e. The molecule has 0 saturated heterocycles. The second-order valence-electron chi connectivity index (χ2n) is 6.32. The predicted octanol–water partition coefficient (Wildman–Crippen LogP) is 0.177. The number of nitrogens with two attached hydrogens (primary N) is 2. The van der Waals surface area contributed by atoms with Crippen molar-refractivity contribution in [3.63, 3.8) is 0 Å². The molecule has 8 nitrogen and oxygen atoms in total. The summed E-state index contributed by atoms with van der Waals surface area (Å²) in [5.41, 5.74) is 15.2. The molecule has 2 aromatic rings. The highest BCUT2D eigenvalue weighted by Crippen LogP contribution is 2.19. The minimum absolute atomic E-state index is 0.189. The van der Waals surface area contributed by atoms with E-state index in [0.29, 0.717) is 31.7 Å². The van der Waals surface area contributed by atoms with Gasteiger partial charge in [-0.1, -0.05) is 42.5 Å². The zero-order valence-corrected chi connectivity index (χ0v) is 15.7. The van der Waals surface area contributed by atoms with Crippen LogP contribution in [0.25, 0.3) is 11.1 Å². The number of carbonyl (C=O) groups is 2. The zero-order chi connectivity index (χ0) is 20.4. The summed E-state index contributed by atoms with van der Waals surface area (Å²) < 4.78 is 0. The highest BCUT2D eigenvalue weighted by atomic mass is 16.5. The summed E-state index contributed by atoms with van der Waals surface area (Å²) in [5.74, 6) is -1.11. The smallest absolute Gasteiger partial charge is 0.267 e. The topological polar surface area (TPSA) is 134 Å². The Labute approximate surface area is 164 Å². The van der Waals surface area contributed by atoms with Gasteiger partial charge in [0.05, 0.1) is 0 Å². The van der Waals surface area contributed by atoms with E-state index in [1.54, 1.807) is 17.6 Å². The monoisotopic (exact) mass is 385 g/mol. The normalized spacial score (nSPS) is 11.9. The number of carbonyl (C=O) groups excluding carboxylic acids is 2. The van der Waals surface area contributed by atoms with E-state index >= 15 is 0 Å². The summed E-state index contributed by atoms with van der Waals surface area (Å²) >= 11 is 0. The van der Waals surface area contributed by atoms with Gasteiger partial charge >= 0.3 is 0 Å². The SMILES string of the molecule is NCCN(CCN)C[C@H](NC(=O)c1ccc(-c2ccccc2)cc1)C(=O)NO. The highest BCUT2D eigenvalue weighted by molar-refractivity contribution is 5.97. The standard InChI is InChI=1S/C20H27N5O3/c21-10-12-25(13-11-22)14-18(20(27)24-28)23-19(26)17-8-6-16(7-9-17)15-4-2-1-3-5-15/h1-9,18,28H,10-14,21-22H2,(H,23,26)(H,24,27)/t18-/m0/s1. The highest BCUT2D eigenvalue weighted by Gasteiger charge is 2.23. The summed E-state index contributed by atoms with van der Waals surface area (Å²) in [7, 11) is 0. The fourth-order valence-corrected chi connectivity index (χ4v) is 2.88. The fourth-order valence-electron chi connectivity index (χ4n) is 2.88. The number of hydrogen-bond acceptors (Lipinski definition) is 6. The third kappa shape index (κ3) is 6.14. The van der Waals surface area contributed by atoms with Crippen LogP contribution in [0.3, 0.4) is 0 Å². The minimum atomic E-state index is -0.940. The molecule has 0 heterocycles. The number of nitrogens with zero attached hydrogens (tertiary/aromatic N) is 1. The lowest BCUT2D eigenvalue weighted by atomic mass is 10.0. The minimum Gasteiger partial charge on any atom is -0.339 e. The molecule has 0 aromatic heterocycles. The number of nitrogens with one attached hydrogen (secondary N) is 2.